The molecule has 0 aromatic carbocycles. The highest BCUT2D eigenvalue weighted by Crippen LogP contribution is 2.05. The van der Waals surface area contributed by atoms with Gasteiger partial charge in [-0.25, -0.2) is 8.78 Å². The molecule has 0 heterocycles. The number of aliphatic hydroxyl groups excluding tert-OH is 1. The Morgan fingerprint density at radius 1 is 1.46 bits per heavy atom. The summed E-state index contributed by atoms with van der Waals surface area (Å²) < 4.78 is 27.5. The van der Waals surface area contributed by atoms with Crippen LogP contribution in [0.4, 0.5) is 8.78 Å². The predicted molar refractivity (Wildman–Crippen MR) is 44.6 cm³/mol. The zero-order chi connectivity index (χ0) is 10.9. The van der Waals surface area contributed by atoms with Crippen LogP contribution in [-0.2, 0) is 9.53 Å². The fraction of sp³-hybridized carbons (Fsp3) is 0.875. The van der Waals surface area contributed by atoms with Crippen molar-refractivity contribution >= 4 is 5.97 Å². The molecule has 0 aliphatic rings. The molecule has 1 atom stereocenters. The number of hydrogen-bond donors (Lipinski definition) is 1. The van der Waals surface area contributed by atoms with E-state index in [1.165, 1.54) is 0 Å². The standard InChI is InChI=1S/C6H10F2O3.C2H6/c1-2-11-5(10)3-4(9)6(7)8;1-2/h4,6,9H,2-3H2,1H3;1-2H3. The third kappa shape index (κ3) is 9.20. The highest BCUT2D eigenvalue weighted by Gasteiger charge is 2.20. The van der Waals surface area contributed by atoms with Crippen LogP contribution in [-0.4, -0.2) is 30.2 Å². The Balaban J connectivity index is 0. The molecule has 1 N–H and O–H groups in total. The van der Waals surface area contributed by atoms with E-state index in [0.717, 1.165) is 0 Å². The summed E-state index contributed by atoms with van der Waals surface area (Å²) in [6, 6.07) is 0. The summed E-state index contributed by atoms with van der Waals surface area (Å²) in [6.45, 7) is 5.70. The fourth-order valence-electron chi connectivity index (χ4n) is 0.480. The van der Waals surface area contributed by atoms with Gasteiger partial charge in [0.1, 0.15) is 6.10 Å². The van der Waals surface area contributed by atoms with E-state index in [-0.39, 0.29) is 6.61 Å². The van der Waals surface area contributed by atoms with Gasteiger partial charge in [0.2, 0.25) is 0 Å². The van der Waals surface area contributed by atoms with Gasteiger partial charge in [0.25, 0.3) is 6.43 Å². The van der Waals surface area contributed by atoms with E-state index in [1.807, 2.05) is 13.8 Å². The quantitative estimate of drug-likeness (QED) is 0.698. The zero-order valence-electron chi connectivity index (χ0n) is 8.09. The first kappa shape index (κ1) is 14.8. The SMILES string of the molecule is CC.CCOC(=O)CC(O)C(F)F. The molecule has 0 saturated carbocycles. The number of ether oxygens (including phenoxy) is 1. The van der Waals surface area contributed by atoms with Crippen LogP contribution in [0.2, 0.25) is 0 Å². The summed E-state index contributed by atoms with van der Waals surface area (Å²) in [5.74, 6) is -0.805. The van der Waals surface area contributed by atoms with Gasteiger partial charge in [-0.1, -0.05) is 13.8 Å². The first-order valence-corrected chi connectivity index (χ1v) is 4.19. The van der Waals surface area contributed by atoms with Crippen LogP contribution >= 0.6 is 0 Å². The minimum absolute atomic E-state index is 0.134. The Labute approximate surface area is 76.7 Å². The maximum Gasteiger partial charge on any atom is 0.308 e. The molecule has 0 aromatic rings. The van der Waals surface area contributed by atoms with Crippen molar-refractivity contribution in [2.24, 2.45) is 0 Å². The lowest BCUT2D eigenvalue weighted by atomic mass is 10.3. The summed E-state index contributed by atoms with van der Waals surface area (Å²) in [4.78, 5) is 10.4. The Kier molecular flexibility index (Phi) is 10.7. The molecule has 0 aliphatic heterocycles. The van der Waals surface area contributed by atoms with Gasteiger partial charge in [-0.05, 0) is 6.92 Å². The van der Waals surface area contributed by atoms with Crippen LogP contribution in [0.25, 0.3) is 0 Å². The predicted octanol–water partition coefficient (Wildman–Crippen LogP) is 1.59. The molecule has 0 aromatic heterocycles. The van der Waals surface area contributed by atoms with E-state index in [2.05, 4.69) is 4.74 Å². The normalized spacial score (nSPS) is 11.6. The molecule has 1 unspecified atom stereocenters. The average molecular weight is 198 g/mol. The number of halogens is 2. The molecule has 0 rings (SSSR count). The molecule has 80 valence electrons. The summed E-state index contributed by atoms with van der Waals surface area (Å²) >= 11 is 0. The lowest BCUT2D eigenvalue weighted by molar-refractivity contribution is -0.147. The number of carbonyl (C=O) groups is 1. The van der Waals surface area contributed by atoms with E-state index in [4.69, 9.17) is 5.11 Å². The van der Waals surface area contributed by atoms with E-state index in [9.17, 15) is 13.6 Å². The molecule has 0 radical (unpaired) electrons. The number of aliphatic hydroxyl groups is 1. The second kappa shape index (κ2) is 9.38. The summed E-state index contributed by atoms with van der Waals surface area (Å²) in [7, 11) is 0. The van der Waals surface area contributed by atoms with Gasteiger partial charge in [-0.2, -0.15) is 0 Å². The van der Waals surface area contributed by atoms with Gasteiger partial charge in [0, 0.05) is 0 Å². The van der Waals surface area contributed by atoms with Crippen LogP contribution < -0.4 is 0 Å². The van der Waals surface area contributed by atoms with E-state index in [1.54, 1.807) is 6.92 Å². The second-order valence-electron chi connectivity index (χ2n) is 1.91. The first-order valence-electron chi connectivity index (χ1n) is 4.19. The Morgan fingerprint density at radius 2 is 1.92 bits per heavy atom. The Bertz CT molecular complexity index is 129. The molecule has 0 saturated heterocycles. The second-order valence-corrected chi connectivity index (χ2v) is 1.91. The topological polar surface area (TPSA) is 46.5 Å². The fourth-order valence-corrected chi connectivity index (χ4v) is 0.480. The molecule has 0 aliphatic carbocycles. The number of esters is 1. The van der Waals surface area contributed by atoms with Gasteiger partial charge in [0.05, 0.1) is 13.0 Å². The smallest absolute Gasteiger partial charge is 0.308 e. The van der Waals surface area contributed by atoms with Gasteiger partial charge < -0.3 is 9.84 Å². The van der Waals surface area contributed by atoms with Crippen molar-refractivity contribution in [1.82, 2.24) is 0 Å². The van der Waals surface area contributed by atoms with Gasteiger partial charge in [-0.3, -0.25) is 4.79 Å². The van der Waals surface area contributed by atoms with Crippen molar-refractivity contribution in [3.63, 3.8) is 0 Å². The summed E-state index contributed by atoms with van der Waals surface area (Å²) in [6.07, 6.45) is -5.45. The van der Waals surface area contributed by atoms with E-state index in [0.29, 0.717) is 0 Å². The number of rotatable bonds is 4. The van der Waals surface area contributed by atoms with Crippen molar-refractivity contribution in [3.05, 3.63) is 0 Å². The van der Waals surface area contributed by atoms with Gasteiger partial charge >= 0.3 is 5.97 Å². The minimum Gasteiger partial charge on any atom is -0.466 e. The zero-order valence-corrected chi connectivity index (χ0v) is 8.09. The third-order valence-corrected chi connectivity index (χ3v) is 0.972. The first-order chi connectivity index (χ1) is 6.07. The van der Waals surface area contributed by atoms with Crippen molar-refractivity contribution in [3.8, 4) is 0 Å². The molecular formula is C8H16F2O3. The Morgan fingerprint density at radius 3 is 2.23 bits per heavy atom. The molecule has 3 nitrogen and oxygen atoms in total. The largest absolute Gasteiger partial charge is 0.466 e. The summed E-state index contributed by atoms with van der Waals surface area (Å²) in [5.41, 5.74) is 0. The minimum atomic E-state index is -2.89. The molecule has 0 spiro atoms. The maximum atomic E-state index is 11.6. The van der Waals surface area contributed by atoms with Crippen LogP contribution in [0.1, 0.15) is 27.2 Å². The van der Waals surface area contributed by atoms with Gasteiger partial charge in [0.15, 0.2) is 0 Å². The lowest BCUT2D eigenvalue weighted by Gasteiger charge is -2.07. The molecule has 5 heteroatoms. The molecule has 0 amide bonds. The molecular weight excluding hydrogens is 182 g/mol. The maximum absolute atomic E-state index is 11.6. The monoisotopic (exact) mass is 198 g/mol. The van der Waals surface area contributed by atoms with Crippen LogP contribution in [0.15, 0.2) is 0 Å². The summed E-state index contributed by atoms with van der Waals surface area (Å²) in [5, 5.41) is 8.47. The highest BCUT2D eigenvalue weighted by atomic mass is 19.3. The third-order valence-electron chi connectivity index (χ3n) is 0.972. The van der Waals surface area contributed by atoms with Crippen molar-refractivity contribution in [1.29, 1.82) is 0 Å². The van der Waals surface area contributed by atoms with Crippen molar-refractivity contribution in [2.75, 3.05) is 6.61 Å². The van der Waals surface area contributed by atoms with E-state index >= 15 is 0 Å². The number of hydrogen-bond acceptors (Lipinski definition) is 3. The molecule has 13 heavy (non-hydrogen) atoms. The van der Waals surface area contributed by atoms with E-state index < -0.39 is 24.9 Å². The molecule has 0 fully saturated rings. The Hall–Kier alpha value is -0.710. The van der Waals surface area contributed by atoms with Crippen LogP contribution in [0.5, 0.6) is 0 Å². The van der Waals surface area contributed by atoms with Crippen LogP contribution in [0.3, 0.4) is 0 Å². The number of carbonyl (C=O) groups excluding carboxylic acids is 1. The number of alkyl halides is 2. The molecule has 0 bridgehead atoms. The van der Waals surface area contributed by atoms with Gasteiger partial charge in [-0.15, -0.1) is 0 Å². The van der Waals surface area contributed by atoms with Crippen LogP contribution in [0, 0.1) is 0 Å². The highest BCUT2D eigenvalue weighted by molar-refractivity contribution is 5.69. The van der Waals surface area contributed by atoms with Crippen molar-refractivity contribution in [2.45, 2.75) is 39.7 Å². The van der Waals surface area contributed by atoms with Crippen molar-refractivity contribution < 1.29 is 23.4 Å². The average Bonchev–Trinajstić information content (AvgIpc) is 2.08. The lowest BCUT2D eigenvalue weighted by Crippen LogP contribution is -2.22.